The first-order valence-electron chi connectivity index (χ1n) is 14.6. The minimum atomic E-state index is -1.21. The van der Waals surface area contributed by atoms with Crippen molar-refractivity contribution in [3.63, 3.8) is 0 Å². The highest BCUT2D eigenvalue weighted by molar-refractivity contribution is 5.91. The van der Waals surface area contributed by atoms with Gasteiger partial charge in [-0.3, -0.25) is 9.59 Å². The van der Waals surface area contributed by atoms with Crippen LogP contribution in [-0.4, -0.2) is 41.2 Å². The Morgan fingerprint density at radius 2 is 1.27 bits per heavy atom. The van der Waals surface area contributed by atoms with Crippen LogP contribution in [0.25, 0.3) is 0 Å². The van der Waals surface area contributed by atoms with Gasteiger partial charge in [0, 0.05) is 6.54 Å². The minimum Gasteiger partial charge on any atom is -0.508 e. The Kier molecular flexibility index (Phi) is 10.4. The third kappa shape index (κ3) is 8.47. The van der Waals surface area contributed by atoms with E-state index in [1.54, 1.807) is 39.0 Å². The molecule has 4 aromatic carbocycles. The Morgan fingerprint density at radius 1 is 0.750 bits per heavy atom. The van der Waals surface area contributed by atoms with E-state index in [1.807, 2.05) is 97.1 Å². The summed E-state index contributed by atoms with van der Waals surface area (Å²) in [6.07, 6.45) is -0.699. The molecule has 228 valence electrons. The Morgan fingerprint density at radius 3 is 1.75 bits per heavy atom. The predicted molar refractivity (Wildman–Crippen MR) is 170 cm³/mol. The molecule has 4 aromatic rings. The fourth-order valence-electron chi connectivity index (χ4n) is 5.05. The Labute approximate surface area is 258 Å². The highest BCUT2D eigenvalue weighted by Crippen LogP contribution is 2.37. The van der Waals surface area contributed by atoms with Crippen LogP contribution in [0.4, 0.5) is 4.79 Å². The number of benzene rings is 4. The number of hydrogen-bond donors (Lipinski definition) is 4. The number of amides is 3. The van der Waals surface area contributed by atoms with Crippen molar-refractivity contribution in [1.82, 2.24) is 16.0 Å². The van der Waals surface area contributed by atoms with Gasteiger partial charge < -0.3 is 25.8 Å². The molecule has 0 bridgehead atoms. The van der Waals surface area contributed by atoms with E-state index < -0.39 is 35.1 Å². The first kappa shape index (κ1) is 31.8. The van der Waals surface area contributed by atoms with Gasteiger partial charge in [0.05, 0.1) is 6.42 Å². The van der Waals surface area contributed by atoms with Crippen LogP contribution >= 0.6 is 0 Å². The van der Waals surface area contributed by atoms with E-state index in [9.17, 15) is 19.5 Å². The summed E-state index contributed by atoms with van der Waals surface area (Å²) in [5.74, 6) is -0.852. The summed E-state index contributed by atoms with van der Waals surface area (Å²) in [6, 6.07) is 34.4. The van der Waals surface area contributed by atoms with Gasteiger partial charge in [-0.15, -0.1) is 0 Å². The molecule has 0 saturated carbocycles. The zero-order valence-electron chi connectivity index (χ0n) is 25.2. The maximum absolute atomic E-state index is 14.0. The average molecular weight is 594 g/mol. The van der Waals surface area contributed by atoms with Crippen LogP contribution < -0.4 is 16.0 Å². The first-order valence-corrected chi connectivity index (χ1v) is 14.6. The van der Waals surface area contributed by atoms with Crippen LogP contribution in [0.5, 0.6) is 5.75 Å². The van der Waals surface area contributed by atoms with Crippen molar-refractivity contribution in [3.8, 4) is 5.75 Å². The zero-order chi connectivity index (χ0) is 31.6. The number of rotatable bonds is 11. The lowest BCUT2D eigenvalue weighted by Gasteiger charge is -2.37. The standard InChI is InChI=1S/C36H39N3O5/c1-35(2,3)44-34(43)38-31(33(42)37-23-22-26-14-13-21-30(40)24-26)25-32(41)39-36(27-15-7-4-8-16-27,28-17-9-5-10-18-28)29-19-11-6-12-20-29/h4-21,24,31,40H,22-23,25H2,1-3H3,(H,37,42)(H,38,43)(H,39,41)/t31-/m1/s1. The second-order valence-corrected chi connectivity index (χ2v) is 11.5. The van der Waals surface area contributed by atoms with Gasteiger partial charge in [-0.25, -0.2) is 4.79 Å². The number of hydrogen-bond acceptors (Lipinski definition) is 5. The molecule has 0 radical (unpaired) electrons. The summed E-state index contributed by atoms with van der Waals surface area (Å²) >= 11 is 0. The minimum absolute atomic E-state index is 0.133. The maximum atomic E-state index is 14.0. The third-order valence-electron chi connectivity index (χ3n) is 6.97. The molecule has 8 nitrogen and oxygen atoms in total. The molecule has 0 saturated heterocycles. The maximum Gasteiger partial charge on any atom is 0.408 e. The van der Waals surface area contributed by atoms with E-state index >= 15 is 0 Å². The number of phenolic OH excluding ortho intramolecular Hbond substituents is 1. The second kappa shape index (κ2) is 14.4. The van der Waals surface area contributed by atoms with E-state index in [0.717, 1.165) is 22.3 Å². The SMILES string of the molecule is CC(C)(C)OC(=O)N[C@H](CC(=O)NC(c1ccccc1)(c1ccccc1)c1ccccc1)C(=O)NCCc1cccc(O)c1. The molecule has 8 heteroatoms. The lowest BCUT2D eigenvalue weighted by molar-refractivity contribution is -0.129. The largest absolute Gasteiger partial charge is 0.508 e. The summed E-state index contributed by atoms with van der Waals surface area (Å²) in [5.41, 5.74) is 1.45. The summed E-state index contributed by atoms with van der Waals surface area (Å²) < 4.78 is 5.41. The summed E-state index contributed by atoms with van der Waals surface area (Å²) in [6.45, 7) is 5.39. The van der Waals surface area contributed by atoms with Gasteiger partial charge in [-0.2, -0.15) is 0 Å². The van der Waals surface area contributed by atoms with Crippen LogP contribution in [0.1, 0.15) is 49.4 Å². The van der Waals surface area contributed by atoms with Crippen molar-refractivity contribution in [2.45, 2.75) is 50.8 Å². The topological polar surface area (TPSA) is 117 Å². The van der Waals surface area contributed by atoms with Gasteiger partial charge >= 0.3 is 6.09 Å². The highest BCUT2D eigenvalue weighted by Gasteiger charge is 2.39. The quantitative estimate of drug-likeness (QED) is 0.173. The number of nitrogens with one attached hydrogen (secondary N) is 3. The molecule has 0 heterocycles. The summed E-state index contributed by atoms with van der Waals surface area (Å²) in [7, 11) is 0. The second-order valence-electron chi connectivity index (χ2n) is 11.5. The molecule has 3 amide bonds. The van der Waals surface area contributed by atoms with E-state index in [2.05, 4.69) is 16.0 Å². The fraction of sp³-hybridized carbons (Fsp3) is 0.250. The van der Waals surface area contributed by atoms with Gasteiger partial charge in [-0.05, 0) is 61.6 Å². The number of phenols is 1. The molecule has 1 atom stereocenters. The normalized spacial score (nSPS) is 12.1. The lowest BCUT2D eigenvalue weighted by atomic mass is 9.77. The average Bonchev–Trinajstić information content (AvgIpc) is 3.00. The lowest BCUT2D eigenvalue weighted by Crippen LogP contribution is -2.53. The monoisotopic (exact) mass is 593 g/mol. The number of alkyl carbamates (subject to hydrolysis) is 1. The molecule has 0 aliphatic heterocycles. The number of aromatic hydroxyl groups is 1. The van der Waals surface area contributed by atoms with Crippen LogP contribution in [0.15, 0.2) is 115 Å². The molecule has 44 heavy (non-hydrogen) atoms. The molecule has 4 N–H and O–H groups in total. The Hall–Kier alpha value is -5.11. The van der Waals surface area contributed by atoms with Gasteiger partial charge in [-0.1, -0.05) is 103 Å². The van der Waals surface area contributed by atoms with Crippen LogP contribution in [0.2, 0.25) is 0 Å². The molecule has 0 aromatic heterocycles. The van der Waals surface area contributed by atoms with Crippen molar-refractivity contribution < 1.29 is 24.2 Å². The Balaban J connectivity index is 1.62. The van der Waals surface area contributed by atoms with Gasteiger partial charge in [0.25, 0.3) is 0 Å². The molecule has 0 unspecified atom stereocenters. The van der Waals surface area contributed by atoms with Crippen molar-refractivity contribution in [2.75, 3.05) is 6.54 Å². The number of carbonyl (C=O) groups is 3. The smallest absolute Gasteiger partial charge is 0.408 e. The summed E-state index contributed by atoms with van der Waals surface area (Å²) in [5, 5.41) is 18.4. The highest BCUT2D eigenvalue weighted by atomic mass is 16.6. The molecule has 4 rings (SSSR count). The Bertz CT molecular complexity index is 1440. The number of ether oxygens (including phenoxy) is 1. The molecule has 0 aliphatic rings. The van der Waals surface area contributed by atoms with Crippen LogP contribution in [0.3, 0.4) is 0 Å². The zero-order valence-corrected chi connectivity index (χ0v) is 25.2. The van der Waals surface area contributed by atoms with Gasteiger partial charge in [0.15, 0.2) is 0 Å². The van der Waals surface area contributed by atoms with Gasteiger partial charge in [0.2, 0.25) is 11.8 Å². The predicted octanol–water partition coefficient (Wildman–Crippen LogP) is 5.44. The van der Waals surface area contributed by atoms with Crippen LogP contribution in [-0.2, 0) is 26.3 Å². The summed E-state index contributed by atoms with van der Waals surface area (Å²) in [4.78, 5) is 40.1. The van der Waals surface area contributed by atoms with E-state index in [0.29, 0.717) is 6.42 Å². The molecular formula is C36H39N3O5. The van der Waals surface area contributed by atoms with Gasteiger partial charge in [0.1, 0.15) is 22.9 Å². The van der Waals surface area contributed by atoms with E-state index in [-0.39, 0.29) is 18.7 Å². The van der Waals surface area contributed by atoms with Crippen molar-refractivity contribution >= 4 is 17.9 Å². The molecule has 0 spiro atoms. The fourth-order valence-corrected chi connectivity index (χ4v) is 5.05. The third-order valence-corrected chi connectivity index (χ3v) is 6.97. The number of carbonyl (C=O) groups excluding carboxylic acids is 3. The van der Waals surface area contributed by atoms with E-state index in [1.165, 1.54) is 0 Å². The molecular weight excluding hydrogens is 554 g/mol. The molecule has 0 aliphatic carbocycles. The molecule has 0 fully saturated rings. The van der Waals surface area contributed by atoms with Crippen molar-refractivity contribution in [3.05, 3.63) is 138 Å². The van der Waals surface area contributed by atoms with E-state index in [4.69, 9.17) is 4.74 Å². The van der Waals surface area contributed by atoms with Crippen molar-refractivity contribution in [2.24, 2.45) is 0 Å². The van der Waals surface area contributed by atoms with Crippen LogP contribution in [0, 0.1) is 0 Å². The van der Waals surface area contributed by atoms with Crippen molar-refractivity contribution in [1.29, 1.82) is 0 Å². The first-order chi connectivity index (χ1) is 21.1.